The molecule has 3 aliphatic carbocycles. The molecule has 7 rings (SSSR count). The fourth-order valence-corrected chi connectivity index (χ4v) is 12.2. The van der Waals surface area contributed by atoms with Gasteiger partial charge in [-0.05, 0) is 85.0 Å². The molecule has 2 heterocycles. The second-order valence-electron chi connectivity index (χ2n) is 14.9. The molecule has 1 unspecified atom stereocenters. The standard InChI is InChI=1S/C35H42N4O7S/c1-33(2)24-12-15-35(33,22-47(45,46)37-19-16-34(17-20-37)14-11-23-7-3-6-10-27(23)34)29(21-24)36-30(40)28(13-18-38(43)44)39-31(41)25-8-4-5-9-26(25)32(39)42/h3-10,24,28-29H,11-22H2,1-2H3,(H,36,40)/t24-,28?,29+,35-/m1/s1. The molecule has 0 radical (unpaired) electrons. The third-order valence-corrected chi connectivity index (χ3v) is 14.8. The van der Waals surface area contributed by atoms with Gasteiger partial charge in [0.05, 0.1) is 16.9 Å². The summed E-state index contributed by atoms with van der Waals surface area (Å²) in [4.78, 5) is 52.3. The number of aryl methyl sites for hydroxylation is 1. The molecule has 2 bridgehead atoms. The number of fused-ring (bicyclic) bond motifs is 5. The molecule has 1 N–H and O–H groups in total. The zero-order valence-corrected chi connectivity index (χ0v) is 27.8. The van der Waals surface area contributed by atoms with Crippen molar-refractivity contribution in [2.45, 2.75) is 82.7 Å². The maximum Gasteiger partial charge on any atom is 0.262 e. The normalized spacial score (nSPS) is 28.0. The molecule has 5 aliphatic rings. The molecule has 11 nitrogen and oxygen atoms in total. The van der Waals surface area contributed by atoms with Gasteiger partial charge in [0.15, 0.2) is 0 Å². The van der Waals surface area contributed by atoms with E-state index in [9.17, 15) is 32.9 Å². The Bertz CT molecular complexity index is 1730. The summed E-state index contributed by atoms with van der Waals surface area (Å²) in [6.07, 6.45) is 5.31. The molecule has 2 aromatic carbocycles. The summed E-state index contributed by atoms with van der Waals surface area (Å²) in [6, 6.07) is 12.8. The molecule has 0 aromatic heterocycles. The van der Waals surface area contributed by atoms with Gasteiger partial charge in [0.25, 0.3) is 11.8 Å². The SMILES string of the molecule is CC1(C)[C@@H]2CC[C@@]1(CS(=O)(=O)N1CCC3(CCc4ccccc43)CC1)[C@@H](NC(=O)C(CC[N+](=O)[O-])N1C(=O)c3ccccc3C1=O)C2. The Morgan fingerprint density at radius 2 is 1.64 bits per heavy atom. The zero-order chi connectivity index (χ0) is 33.4. The van der Waals surface area contributed by atoms with Crippen molar-refractivity contribution in [3.05, 3.63) is 80.9 Å². The summed E-state index contributed by atoms with van der Waals surface area (Å²) < 4.78 is 30.2. The van der Waals surface area contributed by atoms with Crippen molar-refractivity contribution in [2.24, 2.45) is 16.7 Å². The third kappa shape index (κ3) is 4.93. The lowest BCUT2D eigenvalue weighted by Crippen LogP contribution is -2.58. The van der Waals surface area contributed by atoms with Crippen LogP contribution in [0.25, 0.3) is 0 Å². The number of piperidine rings is 1. The van der Waals surface area contributed by atoms with E-state index in [2.05, 4.69) is 43.4 Å². The van der Waals surface area contributed by atoms with Crippen LogP contribution in [-0.4, -0.2) is 77.7 Å². The van der Waals surface area contributed by atoms with Crippen molar-refractivity contribution in [2.75, 3.05) is 25.4 Å². The number of carbonyl (C=O) groups excluding carboxylic acids is 3. The van der Waals surface area contributed by atoms with Crippen LogP contribution in [0.5, 0.6) is 0 Å². The number of nitro groups is 1. The Kier molecular flexibility index (Phi) is 7.62. The lowest BCUT2D eigenvalue weighted by molar-refractivity contribution is -0.480. The maximum atomic E-state index is 14.3. The zero-order valence-electron chi connectivity index (χ0n) is 26.9. The fourth-order valence-electron chi connectivity index (χ4n) is 9.88. The number of sulfonamides is 1. The largest absolute Gasteiger partial charge is 0.351 e. The molecule has 3 amide bonds. The second kappa shape index (κ2) is 11.2. The molecule has 47 heavy (non-hydrogen) atoms. The molecule has 2 aliphatic heterocycles. The molecule has 1 spiro atoms. The van der Waals surface area contributed by atoms with Gasteiger partial charge < -0.3 is 5.32 Å². The molecule has 12 heteroatoms. The Morgan fingerprint density at radius 3 is 2.28 bits per heavy atom. The lowest BCUT2D eigenvalue weighted by atomic mass is 9.69. The summed E-state index contributed by atoms with van der Waals surface area (Å²) in [5.74, 6) is -1.91. The predicted molar refractivity (Wildman–Crippen MR) is 174 cm³/mol. The summed E-state index contributed by atoms with van der Waals surface area (Å²) in [7, 11) is -3.71. The first-order valence-corrected chi connectivity index (χ1v) is 18.4. The molecular weight excluding hydrogens is 620 g/mol. The molecule has 1 saturated heterocycles. The number of carbonyl (C=O) groups is 3. The number of hydrogen-bond acceptors (Lipinski definition) is 7. The van der Waals surface area contributed by atoms with Gasteiger partial charge in [-0.2, -0.15) is 0 Å². The highest BCUT2D eigenvalue weighted by Gasteiger charge is 2.66. The van der Waals surface area contributed by atoms with Crippen LogP contribution in [0.15, 0.2) is 48.5 Å². The highest BCUT2D eigenvalue weighted by Crippen LogP contribution is 2.66. The van der Waals surface area contributed by atoms with Crippen LogP contribution in [0.1, 0.15) is 90.6 Å². The number of hydrogen-bond donors (Lipinski definition) is 1. The van der Waals surface area contributed by atoms with Crippen LogP contribution in [-0.2, 0) is 26.7 Å². The van der Waals surface area contributed by atoms with Crippen LogP contribution in [0.3, 0.4) is 0 Å². The smallest absolute Gasteiger partial charge is 0.262 e. The van der Waals surface area contributed by atoms with E-state index >= 15 is 0 Å². The van der Waals surface area contributed by atoms with Gasteiger partial charge in [0.1, 0.15) is 6.04 Å². The van der Waals surface area contributed by atoms with Crippen molar-refractivity contribution < 1.29 is 27.7 Å². The first-order valence-electron chi connectivity index (χ1n) is 16.7. The van der Waals surface area contributed by atoms with Crippen LogP contribution in [0.4, 0.5) is 0 Å². The number of benzene rings is 2. The third-order valence-electron chi connectivity index (χ3n) is 12.7. The van der Waals surface area contributed by atoms with E-state index in [0.717, 1.165) is 37.0 Å². The number of amides is 3. The van der Waals surface area contributed by atoms with E-state index in [4.69, 9.17) is 0 Å². The minimum absolute atomic E-state index is 0.0192. The van der Waals surface area contributed by atoms with E-state index < -0.39 is 62.1 Å². The molecule has 3 fully saturated rings. The Labute approximate surface area is 275 Å². The molecule has 2 aromatic rings. The Morgan fingerprint density at radius 1 is 1.00 bits per heavy atom. The van der Waals surface area contributed by atoms with Crippen molar-refractivity contribution in [3.8, 4) is 0 Å². The number of rotatable bonds is 9. The highest BCUT2D eigenvalue weighted by atomic mass is 32.2. The quantitative estimate of drug-likeness (QED) is 0.243. The minimum Gasteiger partial charge on any atom is -0.351 e. The van der Waals surface area contributed by atoms with Crippen LogP contribution in [0, 0.1) is 26.9 Å². The van der Waals surface area contributed by atoms with Crippen molar-refractivity contribution in [1.82, 2.24) is 14.5 Å². The van der Waals surface area contributed by atoms with E-state index in [1.165, 1.54) is 23.3 Å². The maximum absolute atomic E-state index is 14.3. The van der Waals surface area contributed by atoms with Crippen LogP contribution < -0.4 is 5.32 Å². The summed E-state index contributed by atoms with van der Waals surface area (Å²) in [5, 5.41) is 14.4. The number of nitrogens with one attached hydrogen (secondary N) is 1. The van der Waals surface area contributed by atoms with Crippen molar-refractivity contribution >= 4 is 27.7 Å². The average Bonchev–Trinajstić information content (AvgIpc) is 3.66. The van der Waals surface area contributed by atoms with Crippen LogP contribution in [0.2, 0.25) is 0 Å². The Hall–Kier alpha value is -3.64. The topological polar surface area (TPSA) is 147 Å². The number of imide groups is 1. The second-order valence-corrected chi connectivity index (χ2v) is 16.9. The van der Waals surface area contributed by atoms with Crippen molar-refractivity contribution in [1.29, 1.82) is 0 Å². The van der Waals surface area contributed by atoms with E-state index in [0.29, 0.717) is 25.9 Å². The van der Waals surface area contributed by atoms with Gasteiger partial charge in [0, 0.05) is 35.9 Å². The minimum atomic E-state index is -3.71. The first-order chi connectivity index (χ1) is 22.3. The monoisotopic (exact) mass is 662 g/mol. The Balaban J connectivity index is 1.11. The van der Waals surface area contributed by atoms with Crippen molar-refractivity contribution in [3.63, 3.8) is 0 Å². The first kappa shape index (κ1) is 31.9. The van der Waals surface area contributed by atoms with Gasteiger partial charge in [-0.15, -0.1) is 0 Å². The molecule has 4 atom stereocenters. The van der Waals surface area contributed by atoms with Gasteiger partial charge in [0.2, 0.25) is 22.5 Å². The van der Waals surface area contributed by atoms with Gasteiger partial charge in [-0.25, -0.2) is 12.7 Å². The van der Waals surface area contributed by atoms with Crippen LogP contribution >= 0.6 is 0 Å². The molecule has 2 saturated carbocycles. The summed E-state index contributed by atoms with van der Waals surface area (Å²) in [6.45, 7) is 4.47. The average molecular weight is 663 g/mol. The number of nitrogens with zero attached hydrogens (tertiary/aromatic N) is 3. The molecular formula is C35H42N4O7S. The van der Waals surface area contributed by atoms with E-state index in [1.807, 2.05) is 0 Å². The summed E-state index contributed by atoms with van der Waals surface area (Å²) in [5.41, 5.74) is 1.89. The van der Waals surface area contributed by atoms with Gasteiger partial charge >= 0.3 is 0 Å². The summed E-state index contributed by atoms with van der Waals surface area (Å²) >= 11 is 0. The molecule has 250 valence electrons. The van der Waals surface area contributed by atoms with E-state index in [-0.39, 0.29) is 34.6 Å². The highest BCUT2D eigenvalue weighted by molar-refractivity contribution is 7.89. The lowest BCUT2D eigenvalue weighted by Gasteiger charge is -2.45. The predicted octanol–water partition coefficient (Wildman–Crippen LogP) is 3.94. The van der Waals surface area contributed by atoms with E-state index in [1.54, 1.807) is 16.4 Å². The van der Waals surface area contributed by atoms with Gasteiger partial charge in [-0.1, -0.05) is 50.2 Å². The fraction of sp³-hybridized carbons (Fsp3) is 0.571. The van der Waals surface area contributed by atoms with Gasteiger partial charge in [-0.3, -0.25) is 29.4 Å².